The lowest BCUT2D eigenvalue weighted by molar-refractivity contribution is 0.294. The second-order valence-electron chi connectivity index (χ2n) is 2.60. The quantitative estimate of drug-likeness (QED) is 0.539. The molecule has 1 heteroatoms. The fourth-order valence-corrected chi connectivity index (χ4v) is 1.25. The summed E-state index contributed by atoms with van der Waals surface area (Å²) < 4.78 is 5.21. The fourth-order valence-electron chi connectivity index (χ4n) is 1.25. The van der Waals surface area contributed by atoms with Crippen LogP contribution in [0.2, 0.25) is 0 Å². The Morgan fingerprint density at radius 1 is 1.40 bits per heavy atom. The summed E-state index contributed by atoms with van der Waals surface area (Å²) in [6, 6.07) is 0. The van der Waals surface area contributed by atoms with Crippen molar-refractivity contribution in [2.75, 3.05) is 7.11 Å². The smallest absolute Gasteiger partial charge is 0.120 e. The minimum atomic E-state index is 1.03. The largest absolute Gasteiger partial charge is 0.497 e. The lowest BCUT2D eigenvalue weighted by Crippen LogP contribution is -1.98. The molecule has 0 bridgehead atoms. The molecule has 0 unspecified atom stereocenters. The predicted molar refractivity (Wildman–Crippen MR) is 42.4 cm³/mol. The van der Waals surface area contributed by atoms with Crippen molar-refractivity contribution in [2.45, 2.75) is 20.3 Å². The van der Waals surface area contributed by atoms with Crippen molar-refractivity contribution in [1.82, 2.24) is 0 Å². The molecule has 0 fully saturated rings. The lowest BCUT2D eigenvalue weighted by atomic mass is 10.00. The molecular formula is C9H13O. The van der Waals surface area contributed by atoms with Crippen molar-refractivity contribution in [3.05, 3.63) is 29.4 Å². The summed E-state index contributed by atoms with van der Waals surface area (Å²) in [4.78, 5) is 0. The van der Waals surface area contributed by atoms with E-state index in [4.69, 9.17) is 4.74 Å². The summed E-state index contributed by atoms with van der Waals surface area (Å²) in [5.41, 5.74) is 2.55. The maximum absolute atomic E-state index is 5.21. The fraction of sp³-hybridized carbons (Fsp3) is 0.444. The van der Waals surface area contributed by atoms with Crippen LogP contribution in [0.4, 0.5) is 0 Å². The van der Waals surface area contributed by atoms with Gasteiger partial charge >= 0.3 is 0 Å². The summed E-state index contributed by atoms with van der Waals surface area (Å²) in [5, 5.41) is 0. The first-order valence-corrected chi connectivity index (χ1v) is 3.50. The summed E-state index contributed by atoms with van der Waals surface area (Å²) in [6.07, 6.45) is 5.29. The van der Waals surface area contributed by atoms with Crippen LogP contribution in [-0.4, -0.2) is 7.11 Å². The number of ether oxygens (including phenoxy) is 1. The first-order valence-electron chi connectivity index (χ1n) is 3.50. The van der Waals surface area contributed by atoms with Gasteiger partial charge in [0.05, 0.1) is 7.11 Å². The zero-order chi connectivity index (χ0) is 7.56. The Balaban J connectivity index is 2.87. The summed E-state index contributed by atoms with van der Waals surface area (Å²) >= 11 is 0. The van der Waals surface area contributed by atoms with Gasteiger partial charge in [0.2, 0.25) is 0 Å². The molecule has 0 heterocycles. The molecule has 1 nitrogen and oxygen atoms in total. The predicted octanol–water partition coefficient (Wildman–Crippen LogP) is 2.46. The maximum atomic E-state index is 5.21. The Morgan fingerprint density at radius 2 is 2.10 bits per heavy atom. The van der Waals surface area contributed by atoms with Crippen LogP contribution in [0, 0.1) is 6.42 Å². The van der Waals surface area contributed by atoms with Gasteiger partial charge < -0.3 is 4.74 Å². The third-order valence-electron chi connectivity index (χ3n) is 1.74. The molecule has 0 amide bonds. The van der Waals surface area contributed by atoms with Crippen LogP contribution < -0.4 is 0 Å². The number of hydrogen-bond acceptors (Lipinski definition) is 1. The molecule has 55 valence electrons. The van der Waals surface area contributed by atoms with E-state index in [1.807, 2.05) is 0 Å². The highest BCUT2D eigenvalue weighted by molar-refractivity contribution is 5.35. The van der Waals surface area contributed by atoms with Crippen LogP contribution in [0.25, 0.3) is 0 Å². The Bertz CT molecular complexity index is 187. The second-order valence-corrected chi connectivity index (χ2v) is 2.60. The summed E-state index contributed by atoms with van der Waals surface area (Å²) in [5.74, 6) is 1.06. The Kier molecular flexibility index (Phi) is 2.15. The van der Waals surface area contributed by atoms with Gasteiger partial charge in [-0.1, -0.05) is 6.08 Å². The normalized spacial score (nSPS) is 18.9. The average molecular weight is 137 g/mol. The molecule has 0 aromatic carbocycles. The highest BCUT2D eigenvalue weighted by Gasteiger charge is 2.08. The number of rotatable bonds is 1. The van der Waals surface area contributed by atoms with Crippen LogP contribution in [-0.2, 0) is 4.74 Å². The van der Waals surface area contributed by atoms with Gasteiger partial charge in [0.1, 0.15) is 5.76 Å². The van der Waals surface area contributed by atoms with E-state index in [-0.39, 0.29) is 0 Å². The molecule has 0 aliphatic heterocycles. The molecule has 0 saturated carbocycles. The zero-order valence-corrected chi connectivity index (χ0v) is 6.77. The van der Waals surface area contributed by atoms with E-state index in [9.17, 15) is 0 Å². The van der Waals surface area contributed by atoms with Gasteiger partial charge in [-0.25, -0.2) is 0 Å². The molecule has 0 spiro atoms. The van der Waals surface area contributed by atoms with E-state index in [0.29, 0.717) is 0 Å². The topological polar surface area (TPSA) is 9.23 Å². The zero-order valence-electron chi connectivity index (χ0n) is 6.77. The van der Waals surface area contributed by atoms with Gasteiger partial charge in [-0.2, -0.15) is 0 Å². The van der Waals surface area contributed by atoms with Crippen LogP contribution in [0.5, 0.6) is 0 Å². The molecule has 1 radical (unpaired) electrons. The molecule has 0 aromatic heterocycles. The van der Waals surface area contributed by atoms with Gasteiger partial charge in [0.15, 0.2) is 0 Å². The van der Waals surface area contributed by atoms with Crippen molar-refractivity contribution >= 4 is 0 Å². The van der Waals surface area contributed by atoms with Gasteiger partial charge in [-0.15, -0.1) is 0 Å². The molecule has 0 N–H and O–H groups in total. The third-order valence-corrected chi connectivity index (χ3v) is 1.74. The Hall–Kier alpha value is -0.720. The average Bonchev–Trinajstić information content (AvgIpc) is 1.88. The first kappa shape index (κ1) is 7.39. The van der Waals surface area contributed by atoms with Crippen molar-refractivity contribution in [2.24, 2.45) is 0 Å². The van der Waals surface area contributed by atoms with Crippen molar-refractivity contribution in [1.29, 1.82) is 0 Å². The lowest BCUT2D eigenvalue weighted by Gasteiger charge is -2.15. The highest BCUT2D eigenvalue weighted by Crippen LogP contribution is 2.23. The van der Waals surface area contributed by atoms with Gasteiger partial charge in [-0.3, -0.25) is 0 Å². The van der Waals surface area contributed by atoms with E-state index in [0.717, 1.165) is 12.2 Å². The number of methoxy groups -OCH3 is 1. The molecule has 10 heavy (non-hydrogen) atoms. The first-order chi connectivity index (χ1) is 4.75. The second kappa shape index (κ2) is 2.91. The minimum absolute atomic E-state index is 1.03. The Morgan fingerprint density at radius 3 is 2.50 bits per heavy atom. The standard InChI is InChI=1S/C9H13O/c1-7-5-4-6-8(2)9(7)10-3/h4-5H,6H2,1-3H3. The summed E-state index contributed by atoms with van der Waals surface area (Å²) in [6.45, 7) is 4.17. The highest BCUT2D eigenvalue weighted by atomic mass is 16.5. The van der Waals surface area contributed by atoms with E-state index in [1.165, 1.54) is 11.1 Å². The van der Waals surface area contributed by atoms with Crippen LogP contribution in [0.3, 0.4) is 0 Å². The van der Waals surface area contributed by atoms with Crippen molar-refractivity contribution in [3.8, 4) is 0 Å². The molecule has 1 rings (SSSR count). The summed E-state index contributed by atoms with van der Waals surface area (Å²) in [7, 11) is 1.72. The number of allylic oxidation sites excluding steroid dienone is 3. The van der Waals surface area contributed by atoms with E-state index in [2.05, 4.69) is 26.3 Å². The van der Waals surface area contributed by atoms with Gasteiger partial charge in [0.25, 0.3) is 0 Å². The Labute approximate surface area is 62.4 Å². The monoisotopic (exact) mass is 137 g/mol. The van der Waals surface area contributed by atoms with Crippen molar-refractivity contribution < 1.29 is 4.74 Å². The SMILES string of the molecule is COC1=C(C)C[CH]C=C1C. The molecule has 0 saturated heterocycles. The van der Waals surface area contributed by atoms with Gasteiger partial charge in [0, 0.05) is 0 Å². The van der Waals surface area contributed by atoms with Crippen LogP contribution in [0.15, 0.2) is 23.0 Å². The van der Waals surface area contributed by atoms with Crippen LogP contribution >= 0.6 is 0 Å². The van der Waals surface area contributed by atoms with Crippen LogP contribution in [0.1, 0.15) is 20.3 Å². The van der Waals surface area contributed by atoms with E-state index in [1.54, 1.807) is 7.11 Å². The van der Waals surface area contributed by atoms with E-state index >= 15 is 0 Å². The maximum Gasteiger partial charge on any atom is 0.120 e. The molecule has 1 aliphatic rings. The molecule has 0 aromatic rings. The molecular weight excluding hydrogens is 124 g/mol. The van der Waals surface area contributed by atoms with E-state index < -0.39 is 0 Å². The minimum Gasteiger partial charge on any atom is -0.497 e. The van der Waals surface area contributed by atoms with Crippen molar-refractivity contribution in [3.63, 3.8) is 0 Å². The molecule has 0 atom stereocenters. The molecule has 1 aliphatic carbocycles. The number of hydrogen-bond donors (Lipinski definition) is 0. The third kappa shape index (κ3) is 1.23. The van der Waals surface area contributed by atoms with Gasteiger partial charge in [-0.05, 0) is 37.8 Å².